The lowest BCUT2D eigenvalue weighted by Crippen LogP contribution is -2.17. The van der Waals surface area contributed by atoms with Crippen molar-refractivity contribution in [3.63, 3.8) is 0 Å². The molecular formula is C14H12Br4N2O. The molecule has 0 bridgehead atoms. The molecule has 0 fully saturated rings. The van der Waals surface area contributed by atoms with Crippen LogP contribution in [0.25, 0.3) is 0 Å². The zero-order chi connectivity index (χ0) is 15.6. The van der Waals surface area contributed by atoms with E-state index in [1.54, 1.807) is 0 Å². The van der Waals surface area contributed by atoms with Crippen LogP contribution in [0.5, 0.6) is 0 Å². The van der Waals surface area contributed by atoms with E-state index in [0.717, 1.165) is 30.9 Å². The van der Waals surface area contributed by atoms with Gasteiger partial charge < -0.3 is 9.88 Å². The van der Waals surface area contributed by atoms with Crippen molar-refractivity contribution in [3.05, 3.63) is 48.0 Å². The highest BCUT2D eigenvalue weighted by atomic mass is 79.9. The summed E-state index contributed by atoms with van der Waals surface area (Å²) in [6.07, 6.45) is 2.89. The highest BCUT2D eigenvalue weighted by Gasteiger charge is 2.16. The summed E-state index contributed by atoms with van der Waals surface area (Å²) < 4.78 is 5.39. The molecule has 0 aliphatic heterocycles. The molecule has 2 aromatic rings. The molecular weight excluding hydrogens is 532 g/mol. The van der Waals surface area contributed by atoms with Gasteiger partial charge in [0.05, 0.1) is 5.69 Å². The molecule has 7 heteroatoms. The molecule has 1 N–H and O–H groups in total. The second kappa shape index (κ2) is 7.44. The Bertz CT molecular complexity index is 659. The third kappa shape index (κ3) is 4.21. The van der Waals surface area contributed by atoms with Crippen molar-refractivity contribution >= 4 is 75.3 Å². The first-order chi connectivity index (χ1) is 9.92. The Labute approximate surface area is 157 Å². The number of aromatic nitrogens is 1. The standard InChI is InChI=1S/C14H12Br4N2O/c1-2-3-20-7-9(16)6-12(20)14(21)19-13-10(17)4-8(15)5-11(13)18/h4-7H,2-3H2,1H3,(H,19,21). The molecule has 1 amide bonds. The highest BCUT2D eigenvalue weighted by Crippen LogP contribution is 2.34. The maximum Gasteiger partial charge on any atom is 0.272 e. The van der Waals surface area contributed by atoms with Gasteiger partial charge >= 0.3 is 0 Å². The molecule has 1 aromatic carbocycles. The van der Waals surface area contributed by atoms with Gasteiger partial charge in [0.2, 0.25) is 0 Å². The van der Waals surface area contributed by atoms with Crippen molar-refractivity contribution in [1.82, 2.24) is 4.57 Å². The number of rotatable bonds is 4. The topological polar surface area (TPSA) is 34.0 Å². The Morgan fingerprint density at radius 2 is 1.71 bits per heavy atom. The number of nitrogens with zero attached hydrogens (tertiary/aromatic N) is 1. The average Bonchev–Trinajstić information content (AvgIpc) is 2.75. The predicted molar refractivity (Wildman–Crippen MR) is 99.9 cm³/mol. The van der Waals surface area contributed by atoms with Gasteiger partial charge in [0.25, 0.3) is 5.91 Å². The molecule has 21 heavy (non-hydrogen) atoms. The summed E-state index contributed by atoms with van der Waals surface area (Å²) in [7, 11) is 0. The maximum atomic E-state index is 12.5. The number of aryl methyl sites for hydroxylation is 1. The van der Waals surface area contributed by atoms with Crippen LogP contribution in [0.1, 0.15) is 23.8 Å². The maximum absolute atomic E-state index is 12.5. The third-order valence-corrected chi connectivity index (χ3v) is 4.95. The van der Waals surface area contributed by atoms with E-state index in [1.807, 2.05) is 29.0 Å². The summed E-state index contributed by atoms with van der Waals surface area (Å²) in [5.74, 6) is -0.141. The Balaban J connectivity index is 2.30. The fourth-order valence-electron chi connectivity index (χ4n) is 1.93. The van der Waals surface area contributed by atoms with Gasteiger partial charge in [0, 0.05) is 30.6 Å². The molecule has 0 saturated heterocycles. The van der Waals surface area contributed by atoms with E-state index in [1.165, 1.54) is 0 Å². The summed E-state index contributed by atoms with van der Waals surface area (Å²) in [5, 5.41) is 2.94. The number of hydrogen-bond acceptors (Lipinski definition) is 1. The fourth-order valence-corrected chi connectivity index (χ4v) is 4.85. The third-order valence-electron chi connectivity index (χ3n) is 2.81. The second-order valence-electron chi connectivity index (χ2n) is 4.44. The van der Waals surface area contributed by atoms with Crippen molar-refractivity contribution in [2.24, 2.45) is 0 Å². The van der Waals surface area contributed by atoms with Gasteiger partial charge in [-0.1, -0.05) is 22.9 Å². The number of halogens is 4. The number of hydrogen-bond donors (Lipinski definition) is 1. The van der Waals surface area contributed by atoms with Crippen molar-refractivity contribution in [2.45, 2.75) is 19.9 Å². The monoisotopic (exact) mass is 540 g/mol. The molecule has 0 saturated carbocycles. The van der Waals surface area contributed by atoms with Gasteiger partial charge in [-0.05, 0) is 72.4 Å². The number of amides is 1. The van der Waals surface area contributed by atoms with Gasteiger partial charge in [-0.15, -0.1) is 0 Å². The first kappa shape index (κ1) is 17.2. The number of nitrogens with one attached hydrogen (secondary N) is 1. The van der Waals surface area contributed by atoms with Crippen LogP contribution in [0.3, 0.4) is 0 Å². The smallest absolute Gasteiger partial charge is 0.272 e. The van der Waals surface area contributed by atoms with E-state index in [4.69, 9.17) is 0 Å². The summed E-state index contributed by atoms with van der Waals surface area (Å²) in [5.41, 5.74) is 1.34. The van der Waals surface area contributed by atoms with Crippen molar-refractivity contribution in [3.8, 4) is 0 Å². The lowest BCUT2D eigenvalue weighted by molar-refractivity contribution is 0.101. The largest absolute Gasteiger partial charge is 0.342 e. The molecule has 0 unspecified atom stereocenters. The molecule has 0 aliphatic rings. The van der Waals surface area contributed by atoms with Crippen LogP contribution in [-0.2, 0) is 6.54 Å². The van der Waals surface area contributed by atoms with Crippen LogP contribution < -0.4 is 5.32 Å². The van der Waals surface area contributed by atoms with E-state index in [-0.39, 0.29) is 5.91 Å². The molecule has 1 heterocycles. The van der Waals surface area contributed by atoms with Gasteiger partial charge in [0.1, 0.15) is 5.69 Å². The van der Waals surface area contributed by atoms with Gasteiger partial charge in [0.15, 0.2) is 0 Å². The van der Waals surface area contributed by atoms with E-state index < -0.39 is 0 Å². The fraction of sp³-hybridized carbons (Fsp3) is 0.214. The number of carbonyl (C=O) groups excluding carboxylic acids is 1. The van der Waals surface area contributed by atoms with E-state index in [2.05, 4.69) is 76.0 Å². The minimum atomic E-state index is -0.141. The zero-order valence-corrected chi connectivity index (χ0v) is 17.4. The van der Waals surface area contributed by atoms with Crippen molar-refractivity contribution in [2.75, 3.05) is 5.32 Å². The molecule has 1 aromatic heterocycles. The second-order valence-corrected chi connectivity index (χ2v) is 7.98. The molecule has 0 spiro atoms. The van der Waals surface area contributed by atoms with Crippen LogP contribution in [0.15, 0.2) is 42.3 Å². The van der Waals surface area contributed by atoms with Gasteiger partial charge in [-0.25, -0.2) is 0 Å². The Morgan fingerprint density at radius 1 is 1.10 bits per heavy atom. The van der Waals surface area contributed by atoms with Crippen LogP contribution >= 0.6 is 63.7 Å². The SMILES string of the molecule is CCCn1cc(Br)cc1C(=O)Nc1c(Br)cc(Br)cc1Br. The minimum Gasteiger partial charge on any atom is -0.342 e. The molecule has 0 aliphatic carbocycles. The van der Waals surface area contributed by atoms with E-state index >= 15 is 0 Å². The lowest BCUT2D eigenvalue weighted by Gasteiger charge is -2.12. The number of benzene rings is 1. The Hall–Kier alpha value is -0.110. The van der Waals surface area contributed by atoms with Crippen molar-refractivity contribution in [1.29, 1.82) is 0 Å². The van der Waals surface area contributed by atoms with E-state index in [9.17, 15) is 4.79 Å². The summed E-state index contributed by atoms with van der Waals surface area (Å²) >= 11 is 13.8. The van der Waals surface area contributed by atoms with Gasteiger partial charge in [-0.3, -0.25) is 4.79 Å². The predicted octanol–water partition coefficient (Wildman–Crippen LogP) is 6.20. The summed E-state index contributed by atoms with van der Waals surface area (Å²) in [6, 6.07) is 5.61. The quantitative estimate of drug-likeness (QED) is 0.489. The molecule has 2 rings (SSSR count). The summed E-state index contributed by atoms with van der Waals surface area (Å²) in [6.45, 7) is 2.88. The Morgan fingerprint density at radius 3 is 2.29 bits per heavy atom. The Kier molecular flexibility index (Phi) is 6.11. The van der Waals surface area contributed by atoms with E-state index in [0.29, 0.717) is 11.4 Å². The molecule has 112 valence electrons. The van der Waals surface area contributed by atoms with Crippen molar-refractivity contribution < 1.29 is 4.79 Å². The molecule has 0 atom stereocenters. The van der Waals surface area contributed by atoms with Crippen LogP contribution in [0.2, 0.25) is 0 Å². The number of carbonyl (C=O) groups is 1. The zero-order valence-electron chi connectivity index (χ0n) is 11.1. The lowest BCUT2D eigenvalue weighted by atomic mass is 10.3. The minimum absolute atomic E-state index is 0.141. The van der Waals surface area contributed by atoms with Crippen LogP contribution in [0.4, 0.5) is 5.69 Å². The first-order valence-corrected chi connectivity index (χ1v) is 9.41. The van der Waals surface area contributed by atoms with Crippen LogP contribution in [0, 0.1) is 0 Å². The normalized spacial score (nSPS) is 10.7. The molecule has 3 nitrogen and oxygen atoms in total. The van der Waals surface area contributed by atoms with Crippen LogP contribution in [-0.4, -0.2) is 10.5 Å². The highest BCUT2D eigenvalue weighted by molar-refractivity contribution is 9.11. The molecule has 0 radical (unpaired) electrons. The number of anilines is 1. The average molecular weight is 544 g/mol. The first-order valence-electron chi connectivity index (χ1n) is 6.24. The van der Waals surface area contributed by atoms with Gasteiger partial charge in [-0.2, -0.15) is 0 Å². The summed E-state index contributed by atoms with van der Waals surface area (Å²) in [4.78, 5) is 12.5.